The lowest BCUT2D eigenvalue weighted by Crippen LogP contribution is -2.56. The van der Waals surface area contributed by atoms with Crippen LogP contribution in [0.25, 0.3) is 0 Å². The van der Waals surface area contributed by atoms with Gasteiger partial charge in [-0.2, -0.15) is 0 Å². The van der Waals surface area contributed by atoms with E-state index >= 15 is 0 Å². The second kappa shape index (κ2) is 3.32. The highest BCUT2D eigenvalue weighted by atomic mass is 15.2. The van der Waals surface area contributed by atoms with Gasteiger partial charge in [-0.25, -0.2) is 4.98 Å². The molecule has 3 rings (SSSR count). The summed E-state index contributed by atoms with van der Waals surface area (Å²) < 4.78 is 0. The Morgan fingerprint density at radius 1 is 1.53 bits per heavy atom. The lowest BCUT2D eigenvalue weighted by molar-refractivity contribution is 0.134. The number of rotatable bonds is 0. The third-order valence-electron chi connectivity index (χ3n) is 3.69. The normalized spacial score (nSPS) is 31.8. The molecule has 0 aliphatic carbocycles. The Balaban J connectivity index is 1.99. The Hall–Kier alpha value is -0.870. The first kappa shape index (κ1) is 9.36. The molecule has 0 aromatic carbocycles. The molecule has 1 saturated heterocycles. The molecule has 1 fully saturated rings. The zero-order chi connectivity index (χ0) is 10.3. The van der Waals surface area contributed by atoms with Crippen molar-refractivity contribution in [2.75, 3.05) is 26.7 Å². The van der Waals surface area contributed by atoms with Crippen molar-refractivity contribution in [2.24, 2.45) is 0 Å². The fourth-order valence-corrected chi connectivity index (χ4v) is 3.04. The van der Waals surface area contributed by atoms with Gasteiger partial charge in [0.25, 0.3) is 0 Å². The Morgan fingerprint density at radius 3 is 3.33 bits per heavy atom. The number of hydrogen-bond acceptors (Lipinski definition) is 3. The molecule has 2 aliphatic heterocycles. The SMILES string of the molecule is CN1CCCC2(C1)NCCc1[nH]cnc12. The Bertz CT molecular complexity index is 359. The zero-order valence-corrected chi connectivity index (χ0v) is 9.21. The van der Waals surface area contributed by atoms with E-state index in [0.717, 1.165) is 19.5 Å². The molecule has 4 heteroatoms. The van der Waals surface area contributed by atoms with E-state index in [1.54, 1.807) is 0 Å². The summed E-state index contributed by atoms with van der Waals surface area (Å²) in [6, 6.07) is 0. The topological polar surface area (TPSA) is 44.0 Å². The van der Waals surface area contributed by atoms with Gasteiger partial charge in [0.2, 0.25) is 0 Å². The van der Waals surface area contributed by atoms with Gasteiger partial charge in [0, 0.05) is 25.2 Å². The molecule has 1 unspecified atom stereocenters. The number of likely N-dealkylation sites (N-methyl/N-ethyl adjacent to an activating group) is 1. The van der Waals surface area contributed by atoms with Crippen molar-refractivity contribution in [3.05, 3.63) is 17.7 Å². The number of H-pyrrole nitrogens is 1. The first-order valence-electron chi connectivity index (χ1n) is 5.76. The number of imidazole rings is 1. The number of piperidine rings is 1. The Morgan fingerprint density at radius 2 is 2.47 bits per heavy atom. The predicted octanol–water partition coefficient (Wildman–Crippen LogP) is 0.476. The van der Waals surface area contributed by atoms with E-state index < -0.39 is 0 Å². The van der Waals surface area contributed by atoms with Crippen LogP contribution < -0.4 is 5.32 Å². The Kier molecular flexibility index (Phi) is 2.07. The predicted molar refractivity (Wildman–Crippen MR) is 58.7 cm³/mol. The maximum Gasteiger partial charge on any atom is 0.0926 e. The van der Waals surface area contributed by atoms with E-state index in [2.05, 4.69) is 27.2 Å². The molecule has 15 heavy (non-hydrogen) atoms. The number of aromatic amines is 1. The summed E-state index contributed by atoms with van der Waals surface area (Å²) in [5.41, 5.74) is 2.73. The van der Waals surface area contributed by atoms with Crippen LogP contribution in [-0.2, 0) is 12.0 Å². The monoisotopic (exact) mass is 206 g/mol. The van der Waals surface area contributed by atoms with Gasteiger partial charge < -0.3 is 15.2 Å². The zero-order valence-electron chi connectivity index (χ0n) is 9.21. The van der Waals surface area contributed by atoms with E-state index in [1.807, 2.05) is 6.33 Å². The summed E-state index contributed by atoms with van der Waals surface area (Å²) in [4.78, 5) is 10.2. The summed E-state index contributed by atoms with van der Waals surface area (Å²) in [5, 5.41) is 3.68. The van der Waals surface area contributed by atoms with Gasteiger partial charge in [0.15, 0.2) is 0 Å². The van der Waals surface area contributed by atoms with Crippen molar-refractivity contribution in [3.8, 4) is 0 Å². The number of nitrogens with one attached hydrogen (secondary N) is 2. The van der Waals surface area contributed by atoms with Crippen LogP contribution in [0.5, 0.6) is 0 Å². The van der Waals surface area contributed by atoms with E-state index in [9.17, 15) is 0 Å². The van der Waals surface area contributed by atoms with Gasteiger partial charge in [0.05, 0.1) is 17.6 Å². The molecule has 0 amide bonds. The molecule has 1 atom stereocenters. The molecular formula is C11H18N4. The van der Waals surface area contributed by atoms with Gasteiger partial charge >= 0.3 is 0 Å². The highest BCUT2D eigenvalue weighted by Crippen LogP contribution is 2.33. The van der Waals surface area contributed by atoms with Gasteiger partial charge in [-0.3, -0.25) is 0 Å². The van der Waals surface area contributed by atoms with Crippen molar-refractivity contribution in [1.29, 1.82) is 0 Å². The van der Waals surface area contributed by atoms with Crippen LogP contribution in [0.2, 0.25) is 0 Å². The largest absolute Gasteiger partial charge is 0.348 e. The van der Waals surface area contributed by atoms with Crippen LogP contribution >= 0.6 is 0 Å². The second-order valence-electron chi connectivity index (χ2n) is 4.83. The minimum absolute atomic E-state index is 0.126. The molecule has 0 saturated carbocycles. The van der Waals surface area contributed by atoms with Crippen LogP contribution in [0.3, 0.4) is 0 Å². The summed E-state index contributed by atoms with van der Waals surface area (Å²) in [6.07, 6.45) is 5.40. The van der Waals surface area contributed by atoms with E-state index in [1.165, 1.54) is 30.8 Å². The number of fused-ring (bicyclic) bond motifs is 2. The van der Waals surface area contributed by atoms with E-state index in [0.29, 0.717) is 0 Å². The first-order valence-corrected chi connectivity index (χ1v) is 5.76. The standard InChI is InChI=1S/C11H18N4/c1-15-6-2-4-11(7-15)10-9(3-5-14-11)12-8-13-10/h8,14H,2-7H2,1H3,(H,12,13). The minimum atomic E-state index is 0.126. The maximum atomic E-state index is 4.52. The van der Waals surface area contributed by atoms with Gasteiger partial charge in [0.1, 0.15) is 0 Å². The maximum absolute atomic E-state index is 4.52. The van der Waals surface area contributed by atoms with Crippen LogP contribution in [0, 0.1) is 0 Å². The highest BCUT2D eigenvalue weighted by Gasteiger charge is 2.40. The van der Waals surface area contributed by atoms with Crippen molar-refractivity contribution in [2.45, 2.75) is 24.8 Å². The lowest BCUT2D eigenvalue weighted by atomic mass is 9.82. The molecular weight excluding hydrogens is 188 g/mol. The van der Waals surface area contributed by atoms with Crippen molar-refractivity contribution in [3.63, 3.8) is 0 Å². The van der Waals surface area contributed by atoms with Gasteiger partial charge in [-0.15, -0.1) is 0 Å². The smallest absolute Gasteiger partial charge is 0.0926 e. The van der Waals surface area contributed by atoms with E-state index in [-0.39, 0.29) is 5.54 Å². The molecule has 0 bridgehead atoms. The number of nitrogens with zero attached hydrogens (tertiary/aromatic N) is 2. The number of likely N-dealkylation sites (tertiary alicyclic amines) is 1. The second-order valence-corrected chi connectivity index (χ2v) is 4.83. The average molecular weight is 206 g/mol. The summed E-state index contributed by atoms with van der Waals surface area (Å²) in [5.74, 6) is 0. The van der Waals surface area contributed by atoms with Crippen LogP contribution in [0.4, 0.5) is 0 Å². The Labute approximate surface area is 90.1 Å². The lowest BCUT2D eigenvalue weighted by Gasteiger charge is -2.43. The molecule has 4 nitrogen and oxygen atoms in total. The van der Waals surface area contributed by atoms with Crippen molar-refractivity contribution >= 4 is 0 Å². The van der Waals surface area contributed by atoms with Gasteiger partial charge in [-0.1, -0.05) is 0 Å². The fraction of sp³-hybridized carbons (Fsp3) is 0.727. The van der Waals surface area contributed by atoms with Crippen LogP contribution in [0.15, 0.2) is 6.33 Å². The molecule has 1 aromatic heterocycles. The number of hydrogen-bond donors (Lipinski definition) is 2. The average Bonchev–Trinajstić information content (AvgIpc) is 2.67. The third kappa shape index (κ3) is 1.40. The van der Waals surface area contributed by atoms with Crippen molar-refractivity contribution in [1.82, 2.24) is 20.2 Å². The molecule has 0 radical (unpaired) electrons. The molecule has 2 aliphatic rings. The van der Waals surface area contributed by atoms with Crippen LogP contribution in [-0.4, -0.2) is 41.5 Å². The minimum Gasteiger partial charge on any atom is -0.348 e. The summed E-state index contributed by atoms with van der Waals surface area (Å²) >= 11 is 0. The molecule has 82 valence electrons. The molecule has 3 heterocycles. The highest BCUT2D eigenvalue weighted by molar-refractivity contribution is 5.26. The van der Waals surface area contributed by atoms with Crippen LogP contribution in [0.1, 0.15) is 24.2 Å². The van der Waals surface area contributed by atoms with E-state index in [4.69, 9.17) is 0 Å². The summed E-state index contributed by atoms with van der Waals surface area (Å²) in [7, 11) is 2.20. The summed E-state index contributed by atoms with van der Waals surface area (Å²) in [6.45, 7) is 3.37. The quantitative estimate of drug-likeness (QED) is 0.649. The first-order chi connectivity index (χ1) is 7.30. The molecule has 1 spiro atoms. The van der Waals surface area contributed by atoms with Gasteiger partial charge in [-0.05, 0) is 26.4 Å². The molecule has 2 N–H and O–H groups in total. The molecule has 1 aromatic rings. The van der Waals surface area contributed by atoms with Crippen molar-refractivity contribution < 1.29 is 0 Å². The third-order valence-corrected chi connectivity index (χ3v) is 3.69. The number of aromatic nitrogens is 2. The fourth-order valence-electron chi connectivity index (χ4n) is 3.04.